The van der Waals surface area contributed by atoms with Gasteiger partial charge in [0.1, 0.15) is 11.9 Å². The molecule has 0 saturated carbocycles. The summed E-state index contributed by atoms with van der Waals surface area (Å²) in [6.45, 7) is 3.24. The van der Waals surface area contributed by atoms with Crippen molar-refractivity contribution in [3.8, 4) is 28.7 Å². The molecule has 3 aromatic carbocycles. The van der Waals surface area contributed by atoms with E-state index in [1.54, 1.807) is 18.2 Å². The van der Waals surface area contributed by atoms with Crippen molar-refractivity contribution in [2.45, 2.75) is 20.0 Å². The molecule has 146 valence electrons. The van der Waals surface area contributed by atoms with Crippen molar-refractivity contribution >= 4 is 16.7 Å². The number of methoxy groups -OCH3 is 2. The van der Waals surface area contributed by atoms with E-state index in [-0.39, 0.29) is 29.1 Å². The van der Waals surface area contributed by atoms with Crippen LogP contribution in [0.2, 0.25) is 0 Å². The molecule has 0 aliphatic carbocycles. The molecule has 0 fully saturated rings. The number of carbonyl (C=O) groups is 1. The molecule has 1 atom stereocenters. The van der Waals surface area contributed by atoms with Crippen LogP contribution in [0.1, 0.15) is 25.5 Å². The van der Waals surface area contributed by atoms with Crippen molar-refractivity contribution in [2.75, 3.05) is 14.2 Å². The molecule has 3 aromatic rings. The molecular formula is C22H22O6. The summed E-state index contributed by atoms with van der Waals surface area (Å²) in [5.74, 6) is 0.337. The van der Waals surface area contributed by atoms with Gasteiger partial charge in [-0.2, -0.15) is 0 Å². The fourth-order valence-electron chi connectivity index (χ4n) is 3.06. The summed E-state index contributed by atoms with van der Waals surface area (Å²) < 4.78 is 22.0. The molecule has 1 unspecified atom stereocenters. The minimum atomic E-state index is -0.509. The monoisotopic (exact) mass is 382 g/mol. The summed E-state index contributed by atoms with van der Waals surface area (Å²) >= 11 is 0. The summed E-state index contributed by atoms with van der Waals surface area (Å²) in [7, 11) is 2.81. The molecule has 0 radical (unpaired) electrons. The van der Waals surface area contributed by atoms with Crippen LogP contribution < -0.4 is 18.9 Å². The van der Waals surface area contributed by atoms with Crippen LogP contribution in [0.25, 0.3) is 10.8 Å². The Balaban J connectivity index is 2.10. The Morgan fingerprint density at radius 3 is 2.21 bits per heavy atom. The van der Waals surface area contributed by atoms with Crippen molar-refractivity contribution in [1.29, 1.82) is 0 Å². The maximum Gasteiger partial charge on any atom is 0.308 e. The third-order valence-corrected chi connectivity index (χ3v) is 4.35. The highest BCUT2D eigenvalue weighted by Gasteiger charge is 2.24. The number of benzene rings is 3. The summed E-state index contributed by atoms with van der Waals surface area (Å²) in [6, 6.07) is 14.9. The zero-order chi connectivity index (χ0) is 20.3. The van der Waals surface area contributed by atoms with Crippen molar-refractivity contribution in [3.63, 3.8) is 0 Å². The lowest BCUT2D eigenvalue weighted by molar-refractivity contribution is -0.131. The second-order valence-electron chi connectivity index (χ2n) is 6.22. The number of carbonyl (C=O) groups excluding carboxylic acids is 1. The molecule has 0 aromatic heterocycles. The summed E-state index contributed by atoms with van der Waals surface area (Å²) in [6.07, 6.45) is -0.186. The molecule has 0 spiro atoms. The number of aromatic hydroxyl groups is 1. The van der Waals surface area contributed by atoms with E-state index in [9.17, 15) is 9.90 Å². The number of esters is 1. The molecule has 3 rings (SSSR count). The molecule has 0 amide bonds. The van der Waals surface area contributed by atoms with Crippen LogP contribution in [0.15, 0.2) is 48.5 Å². The SMILES string of the molecule is COc1c(OC)c(OC(C)=O)c2ccc(OC(C)c3ccccc3)cc2c1O. The largest absolute Gasteiger partial charge is 0.504 e. The normalized spacial score (nSPS) is 11.7. The topological polar surface area (TPSA) is 74.2 Å². The van der Waals surface area contributed by atoms with Gasteiger partial charge in [0, 0.05) is 17.7 Å². The molecular weight excluding hydrogens is 360 g/mol. The number of phenolic OH excluding ortho intramolecular Hbond substituents is 1. The molecule has 0 bridgehead atoms. The first-order valence-electron chi connectivity index (χ1n) is 8.77. The lowest BCUT2D eigenvalue weighted by Gasteiger charge is -2.19. The molecule has 0 aliphatic rings. The van der Waals surface area contributed by atoms with E-state index in [2.05, 4.69) is 0 Å². The van der Waals surface area contributed by atoms with Crippen molar-refractivity contribution in [2.24, 2.45) is 0 Å². The second-order valence-corrected chi connectivity index (χ2v) is 6.22. The smallest absolute Gasteiger partial charge is 0.308 e. The van der Waals surface area contributed by atoms with Crippen LogP contribution in [0.3, 0.4) is 0 Å². The number of ether oxygens (including phenoxy) is 4. The van der Waals surface area contributed by atoms with E-state index < -0.39 is 5.97 Å². The van der Waals surface area contributed by atoms with Crippen molar-refractivity contribution in [1.82, 2.24) is 0 Å². The maximum absolute atomic E-state index is 11.6. The van der Waals surface area contributed by atoms with Crippen LogP contribution in [0, 0.1) is 0 Å². The second kappa shape index (κ2) is 8.08. The average Bonchev–Trinajstić information content (AvgIpc) is 2.70. The van der Waals surface area contributed by atoms with E-state index >= 15 is 0 Å². The van der Waals surface area contributed by atoms with E-state index in [1.807, 2.05) is 37.3 Å². The van der Waals surface area contributed by atoms with Crippen LogP contribution in [0.5, 0.6) is 28.7 Å². The highest BCUT2D eigenvalue weighted by molar-refractivity contribution is 6.00. The number of hydrogen-bond donors (Lipinski definition) is 1. The summed E-state index contributed by atoms with van der Waals surface area (Å²) in [5, 5.41) is 11.6. The highest BCUT2D eigenvalue weighted by Crippen LogP contribution is 2.51. The van der Waals surface area contributed by atoms with Crippen LogP contribution in [-0.2, 0) is 4.79 Å². The standard InChI is InChI=1S/C22H22O6/c1-13(15-8-6-5-7-9-15)27-16-10-11-17-18(12-16)19(24)21(25-3)22(26-4)20(17)28-14(2)23/h5-13,24H,1-4H3. The first kappa shape index (κ1) is 19.4. The van der Waals surface area contributed by atoms with Gasteiger partial charge in [0.05, 0.1) is 14.2 Å². The van der Waals surface area contributed by atoms with Crippen molar-refractivity contribution < 1.29 is 28.8 Å². The van der Waals surface area contributed by atoms with Gasteiger partial charge in [-0.25, -0.2) is 0 Å². The van der Waals surface area contributed by atoms with E-state index in [0.717, 1.165) is 5.56 Å². The van der Waals surface area contributed by atoms with Gasteiger partial charge >= 0.3 is 5.97 Å². The van der Waals surface area contributed by atoms with Gasteiger partial charge in [-0.15, -0.1) is 0 Å². The van der Waals surface area contributed by atoms with Gasteiger partial charge in [0.15, 0.2) is 11.5 Å². The summed E-state index contributed by atoms with van der Waals surface area (Å²) in [4.78, 5) is 11.6. The Hall–Kier alpha value is -3.41. The van der Waals surface area contributed by atoms with Gasteiger partial charge in [-0.3, -0.25) is 4.79 Å². The van der Waals surface area contributed by atoms with Gasteiger partial charge < -0.3 is 24.1 Å². The van der Waals surface area contributed by atoms with Crippen LogP contribution in [-0.4, -0.2) is 25.3 Å². The van der Waals surface area contributed by atoms with Gasteiger partial charge in [0.25, 0.3) is 0 Å². The molecule has 6 heteroatoms. The molecule has 0 heterocycles. The predicted molar refractivity (Wildman–Crippen MR) is 106 cm³/mol. The first-order valence-corrected chi connectivity index (χ1v) is 8.77. The number of hydrogen-bond acceptors (Lipinski definition) is 6. The fraction of sp³-hybridized carbons (Fsp3) is 0.227. The minimum Gasteiger partial charge on any atom is -0.504 e. The van der Waals surface area contributed by atoms with Gasteiger partial charge in [0.2, 0.25) is 11.5 Å². The maximum atomic E-state index is 11.6. The fourth-order valence-corrected chi connectivity index (χ4v) is 3.06. The Labute approximate surface area is 163 Å². The summed E-state index contributed by atoms with van der Waals surface area (Å²) in [5.41, 5.74) is 1.03. The molecule has 0 aliphatic heterocycles. The average molecular weight is 382 g/mol. The Morgan fingerprint density at radius 2 is 1.61 bits per heavy atom. The van der Waals surface area contributed by atoms with E-state index in [1.165, 1.54) is 21.1 Å². The highest BCUT2D eigenvalue weighted by atomic mass is 16.6. The van der Waals surface area contributed by atoms with Crippen LogP contribution >= 0.6 is 0 Å². The van der Waals surface area contributed by atoms with Gasteiger partial charge in [-0.1, -0.05) is 30.3 Å². The molecule has 0 saturated heterocycles. The molecule has 28 heavy (non-hydrogen) atoms. The molecule has 1 N–H and O–H groups in total. The Morgan fingerprint density at radius 1 is 0.929 bits per heavy atom. The zero-order valence-electron chi connectivity index (χ0n) is 16.2. The van der Waals surface area contributed by atoms with Crippen molar-refractivity contribution in [3.05, 3.63) is 54.1 Å². The third kappa shape index (κ3) is 3.67. The van der Waals surface area contributed by atoms with Gasteiger partial charge in [-0.05, 0) is 30.7 Å². The number of fused-ring (bicyclic) bond motifs is 1. The predicted octanol–water partition coefficient (Wildman–Crippen LogP) is 4.63. The van der Waals surface area contributed by atoms with Crippen LogP contribution in [0.4, 0.5) is 0 Å². The quantitative estimate of drug-likeness (QED) is 0.495. The minimum absolute atomic E-state index is 0.0829. The van der Waals surface area contributed by atoms with E-state index in [0.29, 0.717) is 16.5 Å². The zero-order valence-corrected chi connectivity index (χ0v) is 16.2. The number of phenols is 1. The number of rotatable bonds is 6. The lowest BCUT2D eigenvalue weighted by atomic mass is 10.1. The molecule has 6 nitrogen and oxygen atoms in total. The first-order chi connectivity index (χ1) is 13.5. The Bertz CT molecular complexity index is 997. The van der Waals surface area contributed by atoms with E-state index in [4.69, 9.17) is 18.9 Å². The lowest BCUT2D eigenvalue weighted by Crippen LogP contribution is -2.05. The Kier molecular flexibility index (Phi) is 5.59. The third-order valence-electron chi connectivity index (χ3n) is 4.35.